The zero-order chi connectivity index (χ0) is 32.8. The van der Waals surface area contributed by atoms with Crippen LogP contribution in [0.5, 0.6) is 0 Å². The second kappa shape index (κ2) is 11.7. The van der Waals surface area contributed by atoms with E-state index in [-0.39, 0.29) is 40.3 Å². The number of Topliss-reactive ketones (excluding diaryl/α,β-unsaturated/α-hetero) is 2. The molecule has 2 N–H and O–H groups in total. The van der Waals surface area contributed by atoms with E-state index in [1.165, 1.54) is 56.9 Å². The predicted molar refractivity (Wildman–Crippen MR) is 184 cm³/mol. The van der Waals surface area contributed by atoms with Crippen molar-refractivity contribution in [2.75, 3.05) is 0 Å². The molecule has 0 aromatic rings. The molecule has 8 aliphatic rings. The smallest absolute Gasteiger partial charge is 0.133 e. The zero-order valence-electron chi connectivity index (χ0n) is 29.9. The Kier molecular flexibility index (Phi) is 8.44. The van der Waals surface area contributed by atoms with Gasteiger partial charge in [-0.3, -0.25) is 9.59 Å². The normalized spacial score (nSPS) is 53.6. The van der Waals surface area contributed by atoms with E-state index in [0.717, 1.165) is 50.9 Å². The molecule has 8 aliphatic carbocycles. The highest BCUT2D eigenvalue weighted by Crippen LogP contribution is 2.68. The molecule has 0 aromatic heterocycles. The van der Waals surface area contributed by atoms with Crippen LogP contribution in [-0.2, 0) is 9.59 Å². The summed E-state index contributed by atoms with van der Waals surface area (Å²) in [5.74, 6) is 5.23. The van der Waals surface area contributed by atoms with E-state index in [4.69, 9.17) is 0 Å². The summed E-state index contributed by atoms with van der Waals surface area (Å²) in [6, 6.07) is 0. The number of carbonyl (C=O) groups is 2. The molecule has 15 atom stereocenters. The predicted octanol–water partition coefficient (Wildman–Crippen LogP) is 8.89. The third-order valence-corrected chi connectivity index (χ3v) is 17.1. The van der Waals surface area contributed by atoms with Gasteiger partial charge >= 0.3 is 0 Å². The highest BCUT2D eigenvalue weighted by atomic mass is 16.3. The fraction of sp³-hybridized carbons (Fsp3) is 0.857. The lowest BCUT2D eigenvalue weighted by atomic mass is 9.44. The van der Waals surface area contributed by atoms with E-state index in [0.29, 0.717) is 52.5 Å². The lowest BCUT2D eigenvalue weighted by molar-refractivity contribution is -0.170. The fourth-order valence-corrected chi connectivity index (χ4v) is 15.2. The van der Waals surface area contributed by atoms with E-state index in [2.05, 4.69) is 45.9 Å². The fourth-order valence-electron chi connectivity index (χ4n) is 15.2. The number of hydrogen-bond donors (Lipinski definition) is 2. The number of fused-ring (bicyclic) bond motifs is 10. The molecule has 0 spiro atoms. The molecule has 256 valence electrons. The van der Waals surface area contributed by atoms with Crippen LogP contribution in [0.15, 0.2) is 23.8 Å². The van der Waals surface area contributed by atoms with Gasteiger partial charge in [-0.15, -0.1) is 0 Å². The van der Waals surface area contributed by atoms with Gasteiger partial charge in [-0.1, -0.05) is 58.8 Å². The number of allylic oxidation sites excluding steroid dienone is 4. The van der Waals surface area contributed by atoms with Crippen LogP contribution in [0.3, 0.4) is 0 Å². The first-order chi connectivity index (χ1) is 21.8. The van der Waals surface area contributed by atoms with E-state index in [9.17, 15) is 19.8 Å². The van der Waals surface area contributed by atoms with Crippen LogP contribution >= 0.6 is 0 Å². The van der Waals surface area contributed by atoms with Crippen molar-refractivity contribution in [1.29, 1.82) is 0 Å². The summed E-state index contributed by atoms with van der Waals surface area (Å²) in [6.07, 6.45) is 24.2. The Hall–Kier alpha value is -1.26. The SMILES string of the molecule is CC(=O)[C@H]1CC[C@H]2[C@@H]3CC=C4C=CCC[C@]4(C)[C@H]3[C@@H](O)C[C@]12C.CC(=O)[C@H]1CC[C@H]2[C@@H]3CCC4CCCC[C@]4(C)[C@H]3[C@@H](O)C[C@]12C. The molecule has 0 radical (unpaired) electrons. The molecule has 0 heterocycles. The Morgan fingerprint density at radius 1 is 0.696 bits per heavy atom. The van der Waals surface area contributed by atoms with Crippen molar-refractivity contribution in [3.8, 4) is 0 Å². The van der Waals surface area contributed by atoms with Crippen molar-refractivity contribution in [2.45, 2.75) is 150 Å². The van der Waals surface area contributed by atoms with Gasteiger partial charge in [0.15, 0.2) is 0 Å². The number of aliphatic hydroxyl groups excluding tert-OH is 2. The minimum atomic E-state index is -0.263. The zero-order valence-corrected chi connectivity index (χ0v) is 29.9. The van der Waals surface area contributed by atoms with Crippen LogP contribution in [0.1, 0.15) is 138 Å². The van der Waals surface area contributed by atoms with Gasteiger partial charge in [0.25, 0.3) is 0 Å². The van der Waals surface area contributed by atoms with Crippen LogP contribution in [0, 0.1) is 74.9 Å². The maximum absolute atomic E-state index is 12.2. The molecular formula is C42H64O4. The van der Waals surface area contributed by atoms with Crippen molar-refractivity contribution in [3.63, 3.8) is 0 Å². The van der Waals surface area contributed by atoms with Crippen molar-refractivity contribution in [1.82, 2.24) is 0 Å². The Morgan fingerprint density at radius 3 is 1.93 bits per heavy atom. The average molecular weight is 633 g/mol. The lowest BCUT2D eigenvalue weighted by Gasteiger charge is -2.62. The van der Waals surface area contributed by atoms with Crippen LogP contribution in [0.4, 0.5) is 0 Å². The van der Waals surface area contributed by atoms with Crippen molar-refractivity contribution >= 4 is 11.6 Å². The summed E-state index contributed by atoms with van der Waals surface area (Å²) < 4.78 is 0. The molecule has 6 saturated carbocycles. The summed E-state index contributed by atoms with van der Waals surface area (Å²) in [5.41, 5.74) is 2.01. The number of aliphatic hydroxyl groups is 2. The molecule has 4 heteroatoms. The number of carbonyl (C=O) groups excluding carboxylic acids is 2. The van der Waals surface area contributed by atoms with Gasteiger partial charge in [-0.2, -0.15) is 0 Å². The Bertz CT molecular complexity index is 1280. The summed E-state index contributed by atoms with van der Waals surface area (Å²) in [7, 11) is 0. The number of rotatable bonds is 2. The van der Waals surface area contributed by atoms with Crippen molar-refractivity contribution in [3.05, 3.63) is 23.8 Å². The molecule has 0 saturated heterocycles. The molecule has 1 unspecified atom stereocenters. The minimum Gasteiger partial charge on any atom is -0.393 e. The molecular weight excluding hydrogens is 568 g/mol. The summed E-state index contributed by atoms with van der Waals surface area (Å²) >= 11 is 0. The molecule has 0 amide bonds. The molecule has 4 nitrogen and oxygen atoms in total. The van der Waals surface area contributed by atoms with E-state index in [1.807, 2.05) is 0 Å². The van der Waals surface area contributed by atoms with Gasteiger partial charge in [-0.25, -0.2) is 0 Å². The number of hydrogen-bond acceptors (Lipinski definition) is 4. The lowest BCUT2D eigenvalue weighted by Crippen LogP contribution is -2.58. The largest absolute Gasteiger partial charge is 0.393 e. The second-order valence-electron chi connectivity index (χ2n) is 18.9. The summed E-state index contributed by atoms with van der Waals surface area (Å²) in [4.78, 5) is 24.3. The van der Waals surface area contributed by atoms with Crippen LogP contribution in [-0.4, -0.2) is 34.0 Å². The maximum atomic E-state index is 12.2. The quantitative estimate of drug-likeness (QED) is 0.319. The van der Waals surface area contributed by atoms with Crippen LogP contribution in [0.25, 0.3) is 0 Å². The molecule has 0 bridgehead atoms. The monoisotopic (exact) mass is 632 g/mol. The number of ketones is 2. The first kappa shape index (κ1) is 33.2. The molecule has 0 aromatic carbocycles. The highest BCUT2D eigenvalue weighted by molar-refractivity contribution is 5.80. The Labute approximate surface area is 279 Å². The van der Waals surface area contributed by atoms with Gasteiger partial charge in [0.1, 0.15) is 11.6 Å². The van der Waals surface area contributed by atoms with E-state index >= 15 is 0 Å². The first-order valence-electron chi connectivity index (χ1n) is 19.5. The highest BCUT2D eigenvalue weighted by Gasteiger charge is 2.64. The molecule has 46 heavy (non-hydrogen) atoms. The molecule has 6 fully saturated rings. The van der Waals surface area contributed by atoms with Gasteiger partial charge in [0.2, 0.25) is 0 Å². The van der Waals surface area contributed by atoms with Crippen LogP contribution < -0.4 is 0 Å². The third kappa shape index (κ3) is 4.79. The maximum Gasteiger partial charge on any atom is 0.133 e. The van der Waals surface area contributed by atoms with E-state index in [1.54, 1.807) is 13.8 Å². The second-order valence-corrected chi connectivity index (χ2v) is 18.9. The van der Waals surface area contributed by atoms with Gasteiger partial charge in [0.05, 0.1) is 12.2 Å². The third-order valence-electron chi connectivity index (χ3n) is 17.1. The van der Waals surface area contributed by atoms with Gasteiger partial charge in [0, 0.05) is 11.8 Å². The summed E-state index contributed by atoms with van der Waals surface area (Å²) in [5, 5.41) is 22.4. The topological polar surface area (TPSA) is 74.6 Å². The summed E-state index contributed by atoms with van der Waals surface area (Å²) in [6.45, 7) is 13.0. The Morgan fingerprint density at radius 2 is 1.30 bits per heavy atom. The first-order valence-corrected chi connectivity index (χ1v) is 19.5. The van der Waals surface area contributed by atoms with Crippen LogP contribution in [0.2, 0.25) is 0 Å². The minimum absolute atomic E-state index is 0.0125. The van der Waals surface area contributed by atoms with E-state index < -0.39 is 0 Å². The molecule has 8 rings (SSSR count). The van der Waals surface area contributed by atoms with Crippen molar-refractivity contribution in [2.24, 2.45) is 74.9 Å². The average Bonchev–Trinajstić information content (AvgIpc) is 3.52. The van der Waals surface area contributed by atoms with Gasteiger partial charge < -0.3 is 10.2 Å². The molecule has 0 aliphatic heterocycles. The standard InChI is InChI=1S/C21H34O2.C21H30O2/c2*1-13(22)16-9-10-17-15-8-7-14-6-4-5-11-20(14,2)19(15)18(23)12-21(16,17)3/h14-19,23H,4-12H2,1-3H3;4,6-7,15-19,23H,5,8-12H2,1-3H3/t14?,15-,16+,17-,18-,19+,20-,21+;15-,16+,17-,18-,19+,20-,21+/m00/s1. The van der Waals surface area contributed by atoms with Crippen molar-refractivity contribution < 1.29 is 19.8 Å². The van der Waals surface area contributed by atoms with Gasteiger partial charge in [-0.05, 0) is 166 Å². The Balaban J connectivity index is 0.000000147.